The van der Waals surface area contributed by atoms with E-state index in [9.17, 15) is 5.11 Å². The largest absolute Gasteiger partial charge is 0.396 e. The van der Waals surface area contributed by atoms with Gasteiger partial charge in [0.2, 0.25) is 0 Å². The van der Waals surface area contributed by atoms with E-state index in [1.807, 2.05) is 19.2 Å². The summed E-state index contributed by atoms with van der Waals surface area (Å²) in [5, 5.41) is 13.4. The number of nitrogens with one attached hydrogen (secondary N) is 1. The molecule has 118 valence electrons. The highest BCUT2D eigenvalue weighted by Gasteiger charge is 2.22. The first-order valence-corrected chi connectivity index (χ1v) is 8.40. The second-order valence-corrected chi connectivity index (χ2v) is 6.32. The molecule has 4 heteroatoms. The average molecular weight is 311 g/mol. The van der Waals surface area contributed by atoms with Gasteiger partial charge in [0.25, 0.3) is 0 Å². The van der Waals surface area contributed by atoms with Gasteiger partial charge in [0.1, 0.15) is 0 Å². The van der Waals surface area contributed by atoms with Crippen LogP contribution < -0.4 is 5.32 Å². The van der Waals surface area contributed by atoms with Crippen molar-refractivity contribution in [2.75, 3.05) is 26.7 Å². The Balaban J connectivity index is 1.90. The van der Waals surface area contributed by atoms with Crippen LogP contribution in [0, 0.1) is 0 Å². The van der Waals surface area contributed by atoms with E-state index < -0.39 is 0 Å². The molecule has 0 amide bonds. The first kappa shape index (κ1) is 16.8. The molecule has 1 aliphatic rings. The van der Waals surface area contributed by atoms with Crippen LogP contribution in [0.4, 0.5) is 0 Å². The summed E-state index contributed by atoms with van der Waals surface area (Å²) >= 11 is 5.96. The van der Waals surface area contributed by atoms with Crippen molar-refractivity contribution in [3.8, 4) is 0 Å². The third kappa shape index (κ3) is 4.96. The van der Waals surface area contributed by atoms with Gasteiger partial charge in [-0.1, -0.05) is 30.2 Å². The van der Waals surface area contributed by atoms with Crippen LogP contribution >= 0.6 is 11.6 Å². The van der Waals surface area contributed by atoms with Crippen molar-refractivity contribution in [2.24, 2.45) is 0 Å². The van der Waals surface area contributed by atoms with Gasteiger partial charge in [-0.25, -0.2) is 0 Å². The summed E-state index contributed by atoms with van der Waals surface area (Å²) in [6.07, 6.45) is 5.80. The fourth-order valence-electron chi connectivity index (χ4n) is 3.30. The highest BCUT2D eigenvalue weighted by atomic mass is 35.5. The number of piperidine rings is 1. The molecular weight excluding hydrogens is 284 g/mol. The fourth-order valence-corrected chi connectivity index (χ4v) is 3.42. The van der Waals surface area contributed by atoms with Crippen molar-refractivity contribution in [1.29, 1.82) is 0 Å². The van der Waals surface area contributed by atoms with Crippen LogP contribution in [0.3, 0.4) is 0 Å². The van der Waals surface area contributed by atoms with E-state index in [1.165, 1.54) is 31.4 Å². The van der Waals surface area contributed by atoms with Gasteiger partial charge in [-0.05, 0) is 57.0 Å². The Morgan fingerprint density at radius 1 is 1.33 bits per heavy atom. The molecule has 2 unspecified atom stereocenters. The fraction of sp³-hybridized carbons (Fsp3) is 0.647. The zero-order valence-corrected chi connectivity index (χ0v) is 13.6. The molecule has 2 rings (SSSR count). The first-order valence-electron chi connectivity index (χ1n) is 8.02. The molecule has 0 saturated carbocycles. The number of nitrogens with zero attached hydrogens (tertiary/aromatic N) is 1. The van der Waals surface area contributed by atoms with Crippen LogP contribution in [0.1, 0.15) is 43.7 Å². The average Bonchev–Trinajstić information content (AvgIpc) is 2.51. The van der Waals surface area contributed by atoms with Crippen molar-refractivity contribution in [1.82, 2.24) is 10.2 Å². The Hall–Kier alpha value is -0.610. The van der Waals surface area contributed by atoms with Crippen molar-refractivity contribution in [3.63, 3.8) is 0 Å². The number of rotatable bonds is 7. The molecule has 0 bridgehead atoms. The molecule has 0 radical (unpaired) electrons. The van der Waals surface area contributed by atoms with Gasteiger partial charge in [-0.15, -0.1) is 0 Å². The second-order valence-electron chi connectivity index (χ2n) is 5.88. The molecule has 1 fully saturated rings. The molecular formula is C17H27ClN2O. The van der Waals surface area contributed by atoms with E-state index in [0.29, 0.717) is 18.7 Å². The Bertz CT molecular complexity index is 408. The lowest BCUT2D eigenvalue weighted by Gasteiger charge is -2.36. The number of benzene rings is 1. The predicted octanol–water partition coefficient (Wildman–Crippen LogP) is 3.23. The third-order valence-corrected chi connectivity index (χ3v) is 4.79. The molecule has 1 aromatic carbocycles. The zero-order valence-electron chi connectivity index (χ0n) is 12.9. The second kappa shape index (κ2) is 8.74. The maximum absolute atomic E-state index is 9.21. The van der Waals surface area contributed by atoms with Gasteiger partial charge < -0.3 is 15.3 Å². The summed E-state index contributed by atoms with van der Waals surface area (Å²) < 4.78 is 0. The predicted molar refractivity (Wildman–Crippen MR) is 88.8 cm³/mol. The molecule has 1 aromatic rings. The molecule has 0 aromatic heterocycles. The maximum atomic E-state index is 9.21. The van der Waals surface area contributed by atoms with E-state index >= 15 is 0 Å². The van der Waals surface area contributed by atoms with Gasteiger partial charge in [-0.3, -0.25) is 0 Å². The molecule has 2 N–H and O–H groups in total. The molecule has 0 aliphatic carbocycles. The number of halogens is 1. The Morgan fingerprint density at radius 2 is 2.10 bits per heavy atom. The molecule has 0 spiro atoms. The minimum Gasteiger partial charge on any atom is -0.396 e. The summed E-state index contributed by atoms with van der Waals surface area (Å²) in [6, 6.07) is 9.04. The van der Waals surface area contributed by atoms with Crippen LogP contribution in [0.15, 0.2) is 24.3 Å². The molecule has 1 aliphatic heterocycles. The van der Waals surface area contributed by atoms with Gasteiger partial charge in [0.15, 0.2) is 0 Å². The summed E-state index contributed by atoms with van der Waals surface area (Å²) in [7, 11) is 2.01. The Kier molecular flexibility index (Phi) is 6.97. The van der Waals surface area contributed by atoms with Gasteiger partial charge >= 0.3 is 0 Å². The van der Waals surface area contributed by atoms with Crippen molar-refractivity contribution in [2.45, 2.75) is 44.2 Å². The minimum atomic E-state index is 0.299. The number of likely N-dealkylation sites (tertiary alicyclic amines) is 1. The first-order chi connectivity index (χ1) is 10.2. The quantitative estimate of drug-likeness (QED) is 0.811. The topological polar surface area (TPSA) is 35.5 Å². The lowest BCUT2D eigenvalue weighted by Crippen LogP contribution is -2.41. The standard InChI is InChI=1S/C17H27ClN2O/c1-19-17(14-5-7-15(18)8-6-14)9-12-20-11-3-2-4-16(20)10-13-21/h5-8,16-17,19,21H,2-4,9-13H2,1H3. The summed E-state index contributed by atoms with van der Waals surface area (Å²) in [5.74, 6) is 0. The Morgan fingerprint density at radius 3 is 2.76 bits per heavy atom. The third-order valence-electron chi connectivity index (χ3n) is 4.54. The smallest absolute Gasteiger partial charge is 0.0445 e. The molecule has 1 saturated heterocycles. The van der Waals surface area contributed by atoms with Gasteiger partial charge in [0.05, 0.1) is 0 Å². The molecule has 2 atom stereocenters. The van der Waals surface area contributed by atoms with Crippen molar-refractivity contribution >= 4 is 11.6 Å². The summed E-state index contributed by atoms with van der Waals surface area (Å²) in [5.41, 5.74) is 1.29. The Labute approximate surface area is 133 Å². The molecule has 1 heterocycles. The van der Waals surface area contributed by atoms with Crippen molar-refractivity contribution in [3.05, 3.63) is 34.9 Å². The number of hydrogen-bond donors (Lipinski definition) is 2. The summed E-state index contributed by atoms with van der Waals surface area (Å²) in [4.78, 5) is 2.56. The highest BCUT2D eigenvalue weighted by Crippen LogP contribution is 2.23. The van der Waals surface area contributed by atoms with Crippen LogP contribution in [0.25, 0.3) is 0 Å². The van der Waals surface area contributed by atoms with Crippen LogP contribution in [-0.2, 0) is 0 Å². The summed E-state index contributed by atoms with van der Waals surface area (Å²) in [6.45, 7) is 2.55. The lowest BCUT2D eigenvalue weighted by molar-refractivity contribution is 0.114. The monoisotopic (exact) mass is 310 g/mol. The maximum Gasteiger partial charge on any atom is 0.0445 e. The normalized spacial score (nSPS) is 21.4. The zero-order chi connectivity index (χ0) is 15.1. The van der Waals surface area contributed by atoms with Crippen LogP contribution in [0.5, 0.6) is 0 Å². The number of hydrogen-bond acceptors (Lipinski definition) is 3. The van der Waals surface area contributed by atoms with E-state index in [2.05, 4.69) is 22.3 Å². The molecule has 21 heavy (non-hydrogen) atoms. The van der Waals surface area contributed by atoms with E-state index in [-0.39, 0.29) is 0 Å². The van der Waals surface area contributed by atoms with Gasteiger partial charge in [-0.2, -0.15) is 0 Å². The van der Waals surface area contributed by atoms with Crippen molar-refractivity contribution < 1.29 is 5.11 Å². The SMILES string of the molecule is CNC(CCN1CCCCC1CCO)c1ccc(Cl)cc1. The van der Waals surface area contributed by atoms with Crippen LogP contribution in [-0.4, -0.2) is 42.8 Å². The van der Waals surface area contributed by atoms with Crippen LogP contribution in [0.2, 0.25) is 5.02 Å². The number of aliphatic hydroxyl groups is 1. The molecule has 3 nitrogen and oxygen atoms in total. The van der Waals surface area contributed by atoms with Gasteiger partial charge in [0, 0.05) is 30.3 Å². The van der Waals surface area contributed by atoms with E-state index in [0.717, 1.165) is 24.4 Å². The lowest BCUT2D eigenvalue weighted by atomic mass is 9.97. The van der Waals surface area contributed by atoms with E-state index in [4.69, 9.17) is 11.6 Å². The minimum absolute atomic E-state index is 0.299. The highest BCUT2D eigenvalue weighted by molar-refractivity contribution is 6.30. The van der Waals surface area contributed by atoms with E-state index in [1.54, 1.807) is 0 Å². The number of aliphatic hydroxyl groups excluding tert-OH is 1.